The van der Waals surface area contributed by atoms with Crippen molar-refractivity contribution in [2.24, 2.45) is 5.92 Å². The van der Waals surface area contributed by atoms with E-state index < -0.39 is 0 Å². The third kappa shape index (κ3) is 9.33. The number of fused-ring (bicyclic) bond motifs is 2. The molecule has 1 aliphatic heterocycles. The van der Waals surface area contributed by atoms with E-state index in [0.717, 1.165) is 77.0 Å². The van der Waals surface area contributed by atoms with Gasteiger partial charge in [-0.15, -0.1) is 5.73 Å². The molecule has 0 bridgehead atoms. The van der Waals surface area contributed by atoms with E-state index in [2.05, 4.69) is 251 Å². The van der Waals surface area contributed by atoms with E-state index in [4.69, 9.17) is 0 Å². The molecule has 0 saturated heterocycles. The molecule has 6 aromatic carbocycles. The van der Waals surface area contributed by atoms with Gasteiger partial charge in [-0.1, -0.05) is 193 Å². The first-order valence-corrected chi connectivity index (χ1v) is 27.6. The van der Waals surface area contributed by atoms with Gasteiger partial charge in [0.1, 0.15) is 7.85 Å². The van der Waals surface area contributed by atoms with Crippen molar-refractivity contribution in [3.05, 3.63) is 237 Å². The Balaban J connectivity index is 1.31. The first-order valence-electron chi connectivity index (χ1n) is 26.8. The van der Waals surface area contributed by atoms with Crippen molar-refractivity contribution in [2.75, 3.05) is 10.2 Å². The van der Waals surface area contributed by atoms with Crippen molar-refractivity contribution in [2.45, 2.75) is 110 Å². The van der Waals surface area contributed by atoms with Crippen molar-refractivity contribution in [1.29, 1.82) is 0 Å². The summed E-state index contributed by atoms with van der Waals surface area (Å²) in [5.74, 6) is 0.566. The molecule has 0 fully saturated rings. The molecule has 0 spiro atoms. The Bertz CT molecular complexity index is 3470. The second kappa shape index (κ2) is 20.4. The van der Waals surface area contributed by atoms with Crippen LogP contribution in [0.25, 0.3) is 45.0 Å². The number of thioether (sulfide) groups is 1. The fourth-order valence-corrected chi connectivity index (χ4v) is 13.4. The molecule has 1 atom stereocenters. The summed E-state index contributed by atoms with van der Waals surface area (Å²) in [4.78, 5) is 5.09. The molecular formula is C70H71BN2S. The van der Waals surface area contributed by atoms with Crippen LogP contribution in [0.15, 0.2) is 203 Å². The van der Waals surface area contributed by atoms with Crippen molar-refractivity contribution in [3.63, 3.8) is 0 Å². The van der Waals surface area contributed by atoms with E-state index in [1.807, 2.05) is 17.8 Å². The molecule has 0 saturated carbocycles. The molecule has 2 nitrogen and oxygen atoms in total. The third-order valence-electron chi connectivity index (χ3n) is 16.4. The number of aryl methyl sites for hydroxylation is 1. The summed E-state index contributed by atoms with van der Waals surface area (Å²) >= 11 is 1.91. The Morgan fingerprint density at radius 1 is 0.811 bits per heavy atom. The maximum Gasteiger partial charge on any atom is 0.139 e. The van der Waals surface area contributed by atoms with Crippen LogP contribution in [0, 0.1) is 12.8 Å². The SMILES string of the molecule is Bc1ccc(N2C3=C(C=C(C)CC3)Sc3c2cc(C2=C=CC=C2C)c(C=C)c3C(/C=C(\CCC)c2cc3c(cc2C)C(C)(C)C(C)CC3(C)C)=C(/C=C)Nc2ccc(-c3ccccc3)cc2)c(-c2ccccc2)c1. The lowest BCUT2D eigenvalue weighted by Gasteiger charge is -2.47. The van der Waals surface area contributed by atoms with E-state index in [-0.39, 0.29) is 10.8 Å². The fourth-order valence-electron chi connectivity index (χ4n) is 12.0. The van der Waals surface area contributed by atoms with Gasteiger partial charge in [0.2, 0.25) is 0 Å². The molecule has 0 amide bonds. The molecular weight excluding hydrogens is 912 g/mol. The number of allylic oxidation sites excluding steroid dienone is 10. The summed E-state index contributed by atoms with van der Waals surface area (Å²) in [5, 5.41) is 3.99. The van der Waals surface area contributed by atoms with Gasteiger partial charge in [-0.25, -0.2) is 0 Å². The average molecular weight is 983 g/mol. The predicted octanol–water partition coefficient (Wildman–Crippen LogP) is 18.4. The average Bonchev–Trinajstić information content (AvgIpc) is 3.85. The Morgan fingerprint density at radius 3 is 2.18 bits per heavy atom. The zero-order chi connectivity index (χ0) is 52.1. The summed E-state index contributed by atoms with van der Waals surface area (Å²) < 4.78 is 0. The Kier molecular flexibility index (Phi) is 13.9. The lowest BCUT2D eigenvalue weighted by molar-refractivity contribution is 0.233. The van der Waals surface area contributed by atoms with E-state index >= 15 is 0 Å². The minimum Gasteiger partial charge on any atom is -0.355 e. The van der Waals surface area contributed by atoms with Gasteiger partial charge in [-0.05, 0) is 173 Å². The molecule has 74 heavy (non-hydrogen) atoms. The van der Waals surface area contributed by atoms with Crippen LogP contribution < -0.4 is 15.7 Å². The van der Waals surface area contributed by atoms with Crippen molar-refractivity contribution in [3.8, 4) is 22.3 Å². The van der Waals surface area contributed by atoms with E-state index in [9.17, 15) is 0 Å². The maximum absolute atomic E-state index is 4.69. The van der Waals surface area contributed by atoms with Crippen LogP contribution >= 0.6 is 11.8 Å². The normalized spacial score (nSPS) is 17.9. The summed E-state index contributed by atoms with van der Waals surface area (Å²) in [6.45, 7) is 30.7. The highest BCUT2D eigenvalue weighted by atomic mass is 32.2. The van der Waals surface area contributed by atoms with Crippen molar-refractivity contribution < 1.29 is 0 Å². The van der Waals surface area contributed by atoms with Gasteiger partial charge in [-0.2, -0.15) is 0 Å². The number of nitrogens with zero attached hydrogens (tertiary/aromatic N) is 1. The molecule has 1 N–H and O–H groups in total. The molecule has 1 heterocycles. The number of benzene rings is 6. The van der Waals surface area contributed by atoms with Gasteiger partial charge >= 0.3 is 0 Å². The maximum atomic E-state index is 4.69. The van der Waals surface area contributed by atoms with Crippen LogP contribution in [0.2, 0.25) is 0 Å². The number of hydrogen-bond acceptors (Lipinski definition) is 3. The zero-order valence-corrected chi connectivity index (χ0v) is 46.2. The molecule has 0 aromatic heterocycles. The number of nitrogens with one attached hydrogen (secondary N) is 1. The number of rotatable bonds is 13. The lowest BCUT2D eigenvalue weighted by Crippen LogP contribution is -2.40. The van der Waals surface area contributed by atoms with Gasteiger partial charge in [-0.3, -0.25) is 0 Å². The van der Waals surface area contributed by atoms with Crippen LogP contribution in [0.5, 0.6) is 0 Å². The Morgan fingerprint density at radius 2 is 1.51 bits per heavy atom. The molecule has 1 unspecified atom stereocenters. The van der Waals surface area contributed by atoms with E-state index in [0.29, 0.717) is 5.92 Å². The molecule has 4 aliphatic rings. The van der Waals surface area contributed by atoms with Crippen LogP contribution in [-0.4, -0.2) is 7.85 Å². The van der Waals surface area contributed by atoms with Crippen LogP contribution in [0.1, 0.15) is 126 Å². The first kappa shape index (κ1) is 50.6. The second-order valence-electron chi connectivity index (χ2n) is 22.4. The molecule has 6 aromatic rings. The summed E-state index contributed by atoms with van der Waals surface area (Å²) in [6.07, 6.45) is 18.3. The van der Waals surface area contributed by atoms with Gasteiger partial charge in [0.25, 0.3) is 0 Å². The second-order valence-corrected chi connectivity index (χ2v) is 23.4. The molecule has 3 aliphatic carbocycles. The number of hydrogen-bond donors (Lipinski definition) is 1. The lowest BCUT2D eigenvalue weighted by atomic mass is 9.57. The topological polar surface area (TPSA) is 15.3 Å². The third-order valence-corrected chi connectivity index (χ3v) is 17.6. The summed E-state index contributed by atoms with van der Waals surface area (Å²) in [7, 11) is 2.21. The molecule has 10 rings (SSSR count). The molecule has 0 radical (unpaired) electrons. The fraction of sp³-hybridized carbons (Fsp3) is 0.243. The number of anilines is 3. The summed E-state index contributed by atoms with van der Waals surface area (Å²) in [6, 6.07) is 44.9. The first-order chi connectivity index (χ1) is 35.6. The predicted molar refractivity (Wildman–Crippen MR) is 326 cm³/mol. The molecule has 370 valence electrons. The Labute approximate surface area is 447 Å². The van der Waals surface area contributed by atoms with Gasteiger partial charge < -0.3 is 10.2 Å². The van der Waals surface area contributed by atoms with Gasteiger partial charge in [0.15, 0.2) is 0 Å². The van der Waals surface area contributed by atoms with Gasteiger partial charge in [0, 0.05) is 49.2 Å². The zero-order valence-electron chi connectivity index (χ0n) is 45.4. The molecule has 4 heteroatoms. The van der Waals surface area contributed by atoms with E-state index in [1.165, 1.54) is 87.9 Å². The monoisotopic (exact) mass is 983 g/mol. The van der Waals surface area contributed by atoms with Gasteiger partial charge in [0.05, 0.1) is 11.4 Å². The van der Waals surface area contributed by atoms with Crippen LogP contribution in [0.4, 0.5) is 17.1 Å². The smallest absolute Gasteiger partial charge is 0.139 e. The van der Waals surface area contributed by atoms with E-state index in [1.54, 1.807) is 0 Å². The van der Waals surface area contributed by atoms with Crippen molar-refractivity contribution >= 4 is 64.9 Å². The summed E-state index contributed by atoms with van der Waals surface area (Å²) in [5.41, 5.74) is 30.4. The van der Waals surface area contributed by atoms with Crippen molar-refractivity contribution in [1.82, 2.24) is 0 Å². The van der Waals surface area contributed by atoms with Crippen LogP contribution in [0.3, 0.4) is 0 Å². The highest BCUT2D eigenvalue weighted by molar-refractivity contribution is 8.03. The highest BCUT2D eigenvalue weighted by Crippen LogP contribution is 2.57. The Hall–Kier alpha value is -6.97. The minimum absolute atomic E-state index is 0.0333. The largest absolute Gasteiger partial charge is 0.355 e. The quantitative estimate of drug-likeness (QED) is 0.0705. The van der Waals surface area contributed by atoms with Crippen LogP contribution in [-0.2, 0) is 10.8 Å². The highest BCUT2D eigenvalue weighted by Gasteiger charge is 2.42. The minimum atomic E-state index is 0.0333. The standard InChI is InChI=1S/C70H71BN2S/c1-12-22-51(56-41-60-61(38-46(56)6)70(10,11)47(7)43-69(60,8)9)39-59(62(14-3)72-53-33-30-49(31-34-53)48-24-17-15-18-25-48)67-54(13-2)58(55-28-21-23-45(55)5)42-65-68(67)74-66-37-44(4)29-35-64(66)73(65)63-36-32-52(71)40-57(63)50-26-19-16-20-27-50/h13-21,23-27,30-34,36-42,47,72H,2-3,12,22,29,35,43,71H2,1,4-11H3/b51-39+,62-59-.